The van der Waals surface area contributed by atoms with E-state index in [2.05, 4.69) is 39.0 Å². The normalized spacial score (nSPS) is 14.5. The number of ether oxygens (including phenoxy) is 1. The smallest absolute Gasteiger partial charge is 0.356 e. The number of esters is 1. The molecule has 1 aromatic heterocycles. The van der Waals surface area contributed by atoms with E-state index in [4.69, 9.17) is 0 Å². The molecular weight excluding hydrogens is 228 g/mol. The van der Waals surface area contributed by atoms with Gasteiger partial charge in [0.2, 0.25) is 0 Å². The van der Waals surface area contributed by atoms with Gasteiger partial charge < -0.3 is 9.72 Å². The molecule has 2 aromatic rings. The quantitative estimate of drug-likeness (QED) is 0.820. The van der Waals surface area contributed by atoms with Crippen molar-refractivity contribution >= 4 is 5.97 Å². The second-order valence-electron chi connectivity index (χ2n) is 4.55. The first-order chi connectivity index (χ1) is 8.78. The van der Waals surface area contributed by atoms with Crippen molar-refractivity contribution in [3.05, 3.63) is 53.1 Å². The molecule has 1 N–H and O–H groups in total. The van der Waals surface area contributed by atoms with E-state index in [-0.39, 0.29) is 5.97 Å². The fourth-order valence-corrected chi connectivity index (χ4v) is 2.51. The molecule has 18 heavy (non-hydrogen) atoms. The van der Waals surface area contributed by atoms with Crippen molar-refractivity contribution in [3.8, 4) is 0 Å². The Bertz CT molecular complexity index is 564. The lowest BCUT2D eigenvalue weighted by Crippen LogP contribution is -2.04. The molecule has 0 saturated carbocycles. The number of benzene rings is 1. The molecule has 0 atom stereocenters. The number of hydrogen-bond donors (Lipinski definition) is 1. The Hall–Kier alpha value is -2.10. The monoisotopic (exact) mass is 242 g/mol. The van der Waals surface area contributed by atoms with E-state index in [0.29, 0.717) is 11.6 Å². The highest BCUT2D eigenvalue weighted by Crippen LogP contribution is 2.32. The summed E-state index contributed by atoms with van der Waals surface area (Å²) in [5.41, 5.74) is 3.17. The number of carbonyl (C=O) groups excluding carboxylic acids is 1. The van der Waals surface area contributed by atoms with Crippen molar-refractivity contribution < 1.29 is 9.53 Å². The van der Waals surface area contributed by atoms with Crippen LogP contribution in [0.4, 0.5) is 0 Å². The number of methoxy groups -OCH3 is 1. The summed E-state index contributed by atoms with van der Waals surface area (Å²) in [6.07, 6.45) is 3.50. The van der Waals surface area contributed by atoms with E-state index in [1.54, 1.807) is 6.20 Å². The van der Waals surface area contributed by atoms with Gasteiger partial charge >= 0.3 is 5.97 Å². The summed E-state index contributed by atoms with van der Waals surface area (Å²) < 4.78 is 4.66. The number of imidazole rings is 1. The third kappa shape index (κ3) is 1.79. The van der Waals surface area contributed by atoms with Gasteiger partial charge in [-0.1, -0.05) is 24.3 Å². The highest BCUT2D eigenvalue weighted by Gasteiger charge is 2.25. The fraction of sp³-hybridized carbons (Fsp3) is 0.286. The lowest BCUT2D eigenvalue weighted by Gasteiger charge is -2.04. The Labute approximate surface area is 105 Å². The van der Waals surface area contributed by atoms with Crippen LogP contribution in [0.5, 0.6) is 0 Å². The predicted molar refractivity (Wildman–Crippen MR) is 66.5 cm³/mol. The molecule has 0 amide bonds. The molecule has 1 heterocycles. The van der Waals surface area contributed by atoms with Crippen LogP contribution in [0.25, 0.3) is 0 Å². The number of carbonyl (C=O) groups is 1. The number of nitrogens with zero attached hydrogens (tertiary/aromatic N) is 1. The molecular formula is C14H14N2O2. The maximum absolute atomic E-state index is 11.4. The Morgan fingerprint density at radius 1 is 1.33 bits per heavy atom. The van der Waals surface area contributed by atoms with Gasteiger partial charge in [0.25, 0.3) is 0 Å². The lowest BCUT2D eigenvalue weighted by molar-refractivity contribution is 0.0594. The Kier molecular flexibility index (Phi) is 2.63. The summed E-state index contributed by atoms with van der Waals surface area (Å²) in [5.74, 6) is 0.830. The van der Waals surface area contributed by atoms with Crippen molar-refractivity contribution in [2.75, 3.05) is 7.11 Å². The van der Waals surface area contributed by atoms with Crippen LogP contribution in [-0.2, 0) is 17.6 Å². The first kappa shape index (κ1) is 11.0. The first-order valence-corrected chi connectivity index (χ1v) is 5.98. The van der Waals surface area contributed by atoms with Gasteiger partial charge in [0.05, 0.1) is 13.3 Å². The molecule has 1 aliphatic rings. The molecule has 92 valence electrons. The van der Waals surface area contributed by atoms with Crippen LogP contribution in [0.3, 0.4) is 0 Å². The van der Waals surface area contributed by atoms with Gasteiger partial charge in [-0.2, -0.15) is 0 Å². The Balaban J connectivity index is 1.82. The summed E-state index contributed by atoms with van der Waals surface area (Å²) in [5, 5.41) is 0. The third-order valence-corrected chi connectivity index (χ3v) is 3.44. The van der Waals surface area contributed by atoms with E-state index in [0.717, 1.165) is 18.7 Å². The molecule has 0 bridgehead atoms. The molecule has 1 aromatic carbocycles. The van der Waals surface area contributed by atoms with Crippen LogP contribution in [0.2, 0.25) is 0 Å². The van der Waals surface area contributed by atoms with Gasteiger partial charge in [0, 0.05) is 5.92 Å². The highest BCUT2D eigenvalue weighted by molar-refractivity contribution is 5.86. The van der Waals surface area contributed by atoms with Crippen LogP contribution in [0, 0.1) is 0 Å². The van der Waals surface area contributed by atoms with E-state index in [1.165, 1.54) is 18.2 Å². The number of rotatable bonds is 2. The molecule has 0 saturated heterocycles. The number of aromatic nitrogens is 2. The van der Waals surface area contributed by atoms with E-state index in [1.807, 2.05) is 0 Å². The largest absolute Gasteiger partial charge is 0.464 e. The van der Waals surface area contributed by atoms with Gasteiger partial charge in [-0.3, -0.25) is 0 Å². The van der Waals surface area contributed by atoms with Crippen molar-refractivity contribution in [2.45, 2.75) is 18.8 Å². The summed E-state index contributed by atoms with van der Waals surface area (Å²) in [6.45, 7) is 0. The van der Waals surface area contributed by atoms with Gasteiger partial charge in [-0.05, 0) is 24.0 Å². The first-order valence-electron chi connectivity index (χ1n) is 5.98. The number of fused-ring (bicyclic) bond motifs is 1. The number of H-pyrrole nitrogens is 1. The number of nitrogens with one attached hydrogen (secondary N) is 1. The fourth-order valence-electron chi connectivity index (χ4n) is 2.51. The maximum atomic E-state index is 11.4. The maximum Gasteiger partial charge on any atom is 0.356 e. The van der Waals surface area contributed by atoms with Crippen molar-refractivity contribution in [3.63, 3.8) is 0 Å². The van der Waals surface area contributed by atoms with Crippen LogP contribution in [-0.4, -0.2) is 23.0 Å². The summed E-state index contributed by atoms with van der Waals surface area (Å²) in [7, 11) is 1.37. The second kappa shape index (κ2) is 4.29. The summed E-state index contributed by atoms with van der Waals surface area (Å²) in [4.78, 5) is 18.7. The average molecular weight is 242 g/mol. The molecule has 0 unspecified atom stereocenters. The van der Waals surface area contributed by atoms with E-state index < -0.39 is 0 Å². The topological polar surface area (TPSA) is 55.0 Å². The minimum Gasteiger partial charge on any atom is -0.464 e. The zero-order chi connectivity index (χ0) is 12.5. The summed E-state index contributed by atoms with van der Waals surface area (Å²) in [6, 6.07) is 8.42. The van der Waals surface area contributed by atoms with E-state index in [9.17, 15) is 4.79 Å². The molecule has 0 fully saturated rings. The second-order valence-corrected chi connectivity index (χ2v) is 4.55. The van der Waals surface area contributed by atoms with E-state index >= 15 is 0 Å². The van der Waals surface area contributed by atoms with Crippen molar-refractivity contribution in [2.24, 2.45) is 0 Å². The standard InChI is InChI=1S/C14H14N2O2/c1-18-14(17)12-8-15-13(16-12)11-6-9-4-2-3-5-10(9)7-11/h2-5,8,11H,6-7H2,1H3,(H,15,16). The number of hydrogen-bond acceptors (Lipinski definition) is 3. The van der Waals surface area contributed by atoms with Crippen LogP contribution >= 0.6 is 0 Å². The molecule has 1 aliphatic carbocycles. The average Bonchev–Trinajstić information content (AvgIpc) is 3.03. The summed E-state index contributed by atoms with van der Waals surface area (Å²) >= 11 is 0. The number of aromatic amines is 1. The zero-order valence-electron chi connectivity index (χ0n) is 10.1. The molecule has 4 nitrogen and oxygen atoms in total. The van der Waals surface area contributed by atoms with Crippen LogP contribution < -0.4 is 0 Å². The van der Waals surface area contributed by atoms with Crippen LogP contribution in [0.15, 0.2) is 30.5 Å². The predicted octanol–water partition coefficient (Wildman–Crippen LogP) is 2.08. The SMILES string of the molecule is COC(=O)c1cnc(C2Cc3ccccc3C2)[nH]1. The third-order valence-electron chi connectivity index (χ3n) is 3.44. The molecule has 0 aliphatic heterocycles. The minimum absolute atomic E-state index is 0.334. The lowest BCUT2D eigenvalue weighted by atomic mass is 10.1. The Morgan fingerprint density at radius 3 is 2.61 bits per heavy atom. The van der Waals surface area contributed by atoms with Gasteiger partial charge in [-0.15, -0.1) is 0 Å². The Morgan fingerprint density at radius 2 is 2.00 bits per heavy atom. The zero-order valence-corrected chi connectivity index (χ0v) is 10.1. The van der Waals surface area contributed by atoms with Gasteiger partial charge in [0.1, 0.15) is 11.5 Å². The molecule has 3 rings (SSSR count). The van der Waals surface area contributed by atoms with Gasteiger partial charge in [-0.25, -0.2) is 9.78 Å². The molecule has 0 radical (unpaired) electrons. The van der Waals surface area contributed by atoms with Gasteiger partial charge in [0.15, 0.2) is 0 Å². The minimum atomic E-state index is -0.371. The highest BCUT2D eigenvalue weighted by atomic mass is 16.5. The molecule has 4 heteroatoms. The van der Waals surface area contributed by atoms with Crippen LogP contribution in [0.1, 0.15) is 33.4 Å². The van der Waals surface area contributed by atoms with Crippen molar-refractivity contribution in [1.29, 1.82) is 0 Å². The van der Waals surface area contributed by atoms with Crippen molar-refractivity contribution in [1.82, 2.24) is 9.97 Å². The molecule has 0 spiro atoms.